The summed E-state index contributed by atoms with van der Waals surface area (Å²) in [5.74, 6) is -0.804. The quantitative estimate of drug-likeness (QED) is 0.940. The van der Waals surface area contributed by atoms with Crippen LogP contribution >= 0.6 is 0 Å². The van der Waals surface area contributed by atoms with E-state index in [1.807, 2.05) is 0 Å². The molecule has 0 aromatic heterocycles. The van der Waals surface area contributed by atoms with Gasteiger partial charge in [-0.15, -0.1) is 0 Å². The fourth-order valence-electron chi connectivity index (χ4n) is 1.80. The van der Waals surface area contributed by atoms with Crippen LogP contribution in [0.4, 0.5) is 5.69 Å². The predicted octanol–water partition coefficient (Wildman–Crippen LogP) is 2.13. The molecule has 2 rings (SSSR count). The second-order valence-electron chi connectivity index (χ2n) is 4.12. The summed E-state index contributed by atoms with van der Waals surface area (Å²) in [4.78, 5) is 11.6. The number of phenols is 1. The molecular formula is C14H13NO4S. The molecule has 1 N–H and O–H groups in total. The molecule has 0 radical (unpaired) electrons. The highest BCUT2D eigenvalue weighted by Gasteiger charge is 2.28. The SMILES string of the molecule is CC(=O)N(c1ccccc1)S(=O)(=O)c1cccc(O)c1. The molecule has 6 heteroatoms. The van der Waals surface area contributed by atoms with E-state index in [0.717, 1.165) is 6.07 Å². The van der Waals surface area contributed by atoms with Crippen molar-refractivity contribution in [2.75, 3.05) is 4.31 Å². The summed E-state index contributed by atoms with van der Waals surface area (Å²) in [6, 6.07) is 13.3. The molecule has 5 nitrogen and oxygen atoms in total. The zero-order chi connectivity index (χ0) is 14.8. The highest BCUT2D eigenvalue weighted by molar-refractivity contribution is 7.93. The van der Waals surface area contributed by atoms with E-state index < -0.39 is 15.9 Å². The van der Waals surface area contributed by atoms with Gasteiger partial charge in [-0.3, -0.25) is 4.79 Å². The van der Waals surface area contributed by atoms with Crippen molar-refractivity contribution >= 4 is 21.6 Å². The molecule has 2 aromatic rings. The van der Waals surface area contributed by atoms with E-state index in [9.17, 15) is 18.3 Å². The Kier molecular flexibility index (Phi) is 3.76. The molecule has 0 aliphatic heterocycles. The fraction of sp³-hybridized carbons (Fsp3) is 0.0714. The average molecular weight is 291 g/mol. The number of amides is 1. The number of rotatable bonds is 3. The first-order valence-electron chi connectivity index (χ1n) is 5.83. The van der Waals surface area contributed by atoms with E-state index in [1.54, 1.807) is 18.2 Å². The number of hydrogen-bond donors (Lipinski definition) is 1. The molecular weight excluding hydrogens is 278 g/mol. The monoisotopic (exact) mass is 291 g/mol. The molecule has 0 aliphatic carbocycles. The summed E-state index contributed by atoms with van der Waals surface area (Å²) in [7, 11) is -4.05. The van der Waals surface area contributed by atoms with Crippen LogP contribution in [0, 0.1) is 0 Å². The maximum atomic E-state index is 12.5. The zero-order valence-electron chi connectivity index (χ0n) is 10.7. The number of sulfonamides is 1. The lowest BCUT2D eigenvalue weighted by molar-refractivity contribution is -0.115. The fourth-order valence-corrected chi connectivity index (χ4v) is 3.27. The van der Waals surface area contributed by atoms with Crippen molar-refractivity contribution in [1.29, 1.82) is 0 Å². The van der Waals surface area contributed by atoms with E-state index in [1.165, 1.54) is 37.3 Å². The first-order valence-corrected chi connectivity index (χ1v) is 7.27. The summed E-state index contributed by atoms with van der Waals surface area (Å²) in [5, 5.41) is 9.40. The molecule has 0 heterocycles. The Morgan fingerprint density at radius 3 is 2.25 bits per heavy atom. The van der Waals surface area contributed by atoms with Crippen molar-refractivity contribution in [3.63, 3.8) is 0 Å². The van der Waals surface area contributed by atoms with Gasteiger partial charge in [0.05, 0.1) is 10.6 Å². The first-order chi connectivity index (χ1) is 9.43. The minimum atomic E-state index is -4.05. The van der Waals surface area contributed by atoms with Gasteiger partial charge < -0.3 is 5.11 Å². The number of benzene rings is 2. The normalized spacial score (nSPS) is 11.1. The third kappa shape index (κ3) is 2.65. The number of carbonyl (C=O) groups is 1. The first kappa shape index (κ1) is 14.1. The molecule has 0 saturated carbocycles. The summed E-state index contributed by atoms with van der Waals surface area (Å²) in [6.07, 6.45) is 0. The Morgan fingerprint density at radius 1 is 1.05 bits per heavy atom. The van der Waals surface area contributed by atoms with Crippen LogP contribution in [0.5, 0.6) is 5.75 Å². The summed E-state index contributed by atoms with van der Waals surface area (Å²) in [5.41, 5.74) is 0.253. The third-order valence-corrected chi connectivity index (χ3v) is 4.43. The number of carbonyl (C=O) groups excluding carboxylic acids is 1. The highest BCUT2D eigenvalue weighted by Crippen LogP contribution is 2.25. The third-order valence-electron chi connectivity index (χ3n) is 2.63. The lowest BCUT2D eigenvalue weighted by atomic mass is 10.3. The zero-order valence-corrected chi connectivity index (χ0v) is 11.5. The highest BCUT2D eigenvalue weighted by atomic mass is 32.2. The van der Waals surface area contributed by atoms with Gasteiger partial charge in [0, 0.05) is 13.0 Å². The largest absolute Gasteiger partial charge is 0.508 e. The van der Waals surface area contributed by atoms with Crippen LogP contribution in [0.25, 0.3) is 0 Å². The van der Waals surface area contributed by atoms with Gasteiger partial charge in [0.1, 0.15) is 5.75 Å². The standard InChI is InChI=1S/C14H13NO4S/c1-11(16)15(12-6-3-2-4-7-12)20(18,19)14-9-5-8-13(17)10-14/h2-10,17H,1H3. The number of nitrogens with zero attached hydrogens (tertiary/aromatic N) is 1. The van der Waals surface area contributed by atoms with Crippen LogP contribution in [-0.2, 0) is 14.8 Å². The van der Waals surface area contributed by atoms with Crippen LogP contribution in [0.2, 0.25) is 0 Å². The Bertz CT molecular complexity index is 726. The molecule has 0 aliphatic rings. The van der Waals surface area contributed by atoms with E-state index in [0.29, 0.717) is 4.31 Å². The van der Waals surface area contributed by atoms with Gasteiger partial charge in [-0.25, -0.2) is 12.7 Å². The average Bonchev–Trinajstić information content (AvgIpc) is 2.39. The molecule has 0 fully saturated rings. The maximum absolute atomic E-state index is 12.5. The van der Waals surface area contributed by atoms with E-state index in [2.05, 4.69) is 0 Å². The predicted molar refractivity (Wildman–Crippen MR) is 74.9 cm³/mol. The Labute approximate surface area is 117 Å². The summed E-state index contributed by atoms with van der Waals surface area (Å²) < 4.78 is 25.8. The van der Waals surface area contributed by atoms with Gasteiger partial charge in [-0.05, 0) is 24.3 Å². The lowest BCUT2D eigenvalue weighted by Gasteiger charge is -2.21. The number of anilines is 1. The van der Waals surface area contributed by atoms with Crippen molar-refractivity contribution in [2.24, 2.45) is 0 Å². The Morgan fingerprint density at radius 2 is 1.70 bits per heavy atom. The molecule has 0 bridgehead atoms. The molecule has 104 valence electrons. The molecule has 2 aromatic carbocycles. The topological polar surface area (TPSA) is 74.7 Å². The van der Waals surface area contributed by atoms with Crippen molar-refractivity contribution in [3.05, 3.63) is 54.6 Å². The van der Waals surface area contributed by atoms with Gasteiger partial charge in [0.15, 0.2) is 0 Å². The minimum absolute atomic E-state index is 0.142. The molecule has 0 atom stereocenters. The second-order valence-corrected chi connectivity index (χ2v) is 5.91. The van der Waals surface area contributed by atoms with Crippen LogP contribution in [0.15, 0.2) is 59.5 Å². The number of hydrogen-bond acceptors (Lipinski definition) is 4. The molecule has 0 unspecified atom stereocenters. The molecule has 0 saturated heterocycles. The van der Waals surface area contributed by atoms with E-state index in [4.69, 9.17) is 0 Å². The van der Waals surface area contributed by atoms with Crippen LogP contribution < -0.4 is 4.31 Å². The summed E-state index contributed by atoms with van der Waals surface area (Å²) >= 11 is 0. The van der Waals surface area contributed by atoms with Crippen molar-refractivity contribution in [2.45, 2.75) is 11.8 Å². The molecule has 1 amide bonds. The van der Waals surface area contributed by atoms with E-state index in [-0.39, 0.29) is 16.3 Å². The van der Waals surface area contributed by atoms with Gasteiger partial charge in [0.25, 0.3) is 10.0 Å². The van der Waals surface area contributed by atoms with Gasteiger partial charge in [0.2, 0.25) is 5.91 Å². The van der Waals surface area contributed by atoms with Crippen LogP contribution in [-0.4, -0.2) is 19.4 Å². The smallest absolute Gasteiger partial charge is 0.271 e. The van der Waals surface area contributed by atoms with Gasteiger partial charge in [-0.2, -0.15) is 0 Å². The second kappa shape index (κ2) is 5.34. The van der Waals surface area contributed by atoms with E-state index >= 15 is 0 Å². The van der Waals surface area contributed by atoms with Crippen LogP contribution in [0.1, 0.15) is 6.92 Å². The number of para-hydroxylation sites is 1. The lowest BCUT2D eigenvalue weighted by Crippen LogP contribution is -2.35. The Balaban J connectivity index is 2.57. The van der Waals surface area contributed by atoms with Crippen molar-refractivity contribution in [3.8, 4) is 5.75 Å². The molecule has 20 heavy (non-hydrogen) atoms. The van der Waals surface area contributed by atoms with Crippen molar-refractivity contribution in [1.82, 2.24) is 0 Å². The number of phenolic OH excluding ortho intramolecular Hbond substituents is 1. The molecule has 0 spiro atoms. The maximum Gasteiger partial charge on any atom is 0.271 e. The van der Waals surface area contributed by atoms with Gasteiger partial charge in [-0.1, -0.05) is 24.3 Å². The van der Waals surface area contributed by atoms with Crippen molar-refractivity contribution < 1.29 is 18.3 Å². The number of aromatic hydroxyl groups is 1. The Hall–Kier alpha value is -2.34. The van der Waals surface area contributed by atoms with Gasteiger partial charge >= 0.3 is 0 Å². The van der Waals surface area contributed by atoms with Crippen LogP contribution in [0.3, 0.4) is 0 Å². The minimum Gasteiger partial charge on any atom is -0.508 e. The summed E-state index contributed by atoms with van der Waals surface area (Å²) in [6.45, 7) is 1.17.